The zero-order valence-electron chi connectivity index (χ0n) is 15.0. The van der Waals surface area contributed by atoms with Crippen molar-refractivity contribution < 1.29 is 17.9 Å². The Labute approximate surface area is 155 Å². The van der Waals surface area contributed by atoms with Gasteiger partial charge in [-0.3, -0.25) is 0 Å². The number of aromatic nitrogens is 4. The monoisotopic (exact) mass is 381 g/mol. The van der Waals surface area contributed by atoms with Gasteiger partial charge in [0.2, 0.25) is 0 Å². The fourth-order valence-corrected chi connectivity index (χ4v) is 3.96. The molecule has 2 aliphatic heterocycles. The van der Waals surface area contributed by atoms with Gasteiger partial charge in [-0.1, -0.05) is 6.42 Å². The standard InChI is InChI=1S/C18H22F3N5O/c19-18(20,21)27-14-7-8-15(22-11-14)25-9-4-5-13(12-25)17-24-23-16-6-2-1-3-10-26(16)17/h7-8,11,13H,1-6,9-10,12H2. The third-order valence-electron chi connectivity index (χ3n) is 5.20. The van der Waals surface area contributed by atoms with Gasteiger partial charge in [0.25, 0.3) is 0 Å². The third-order valence-corrected chi connectivity index (χ3v) is 5.20. The SMILES string of the molecule is FC(F)(F)Oc1ccc(N2CCCC(c3nnc4n3CCCCC4)C2)nc1. The van der Waals surface area contributed by atoms with Crippen LogP contribution >= 0.6 is 0 Å². The highest BCUT2D eigenvalue weighted by Crippen LogP contribution is 2.31. The van der Waals surface area contributed by atoms with Crippen molar-refractivity contribution in [2.45, 2.75) is 57.3 Å². The quantitative estimate of drug-likeness (QED) is 0.812. The van der Waals surface area contributed by atoms with E-state index in [-0.39, 0.29) is 11.7 Å². The summed E-state index contributed by atoms with van der Waals surface area (Å²) in [5, 5.41) is 8.86. The van der Waals surface area contributed by atoms with Crippen LogP contribution in [0, 0.1) is 0 Å². The molecule has 0 aliphatic carbocycles. The van der Waals surface area contributed by atoms with Crippen molar-refractivity contribution in [2.75, 3.05) is 18.0 Å². The lowest BCUT2D eigenvalue weighted by atomic mass is 9.97. The number of aryl methyl sites for hydroxylation is 1. The first-order chi connectivity index (χ1) is 13.0. The second-order valence-electron chi connectivity index (χ2n) is 7.12. The van der Waals surface area contributed by atoms with Crippen LogP contribution in [0.3, 0.4) is 0 Å². The molecule has 0 spiro atoms. The van der Waals surface area contributed by atoms with Gasteiger partial charge < -0.3 is 14.2 Å². The Morgan fingerprint density at radius 1 is 1.04 bits per heavy atom. The predicted octanol–water partition coefficient (Wildman–Crippen LogP) is 3.68. The molecule has 1 fully saturated rings. The fourth-order valence-electron chi connectivity index (χ4n) is 3.96. The van der Waals surface area contributed by atoms with E-state index in [4.69, 9.17) is 0 Å². The minimum atomic E-state index is -4.70. The van der Waals surface area contributed by atoms with E-state index in [0.717, 1.165) is 69.6 Å². The summed E-state index contributed by atoms with van der Waals surface area (Å²) in [7, 11) is 0. The number of hydrogen-bond acceptors (Lipinski definition) is 5. The first kappa shape index (κ1) is 18.1. The van der Waals surface area contributed by atoms with E-state index < -0.39 is 6.36 Å². The molecule has 2 aliphatic rings. The van der Waals surface area contributed by atoms with Crippen LogP contribution in [0.1, 0.15) is 49.7 Å². The molecule has 1 atom stereocenters. The summed E-state index contributed by atoms with van der Waals surface area (Å²) < 4.78 is 43.1. The van der Waals surface area contributed by atoms with Crippen molar-refractivity contribution >= 4 is 5.82 Å². The predicted molar refractivity (Wildman–Crippen MR) is 92.7 cm³/mol. The summed E-state index contributed by atoms with van der Waals surface area (Å²) in [5.74, 6) is 2.72. The lowest BCUT2D eigenvalue weighted by Gasteiger charge is -2.33. The first-order valence-corrected chi connectivity index (χ1v) is 9.38. The molecule has 27 heavy (non-hydrogen) atoms. The Bertz CT molecular complexity index is 774. The lowest BCUT2D eigenvalue weighted by molar-refractivity contribution is -0.274. The van der Waals surface area contributed by atoms with Crippen LogP contribution in [0.15, 0.2) is 18.3 Å². The second kappa shape index (κ2) is 7.36. The van der Waals surface area contributed by atoms with Crippen molar-refractivity contribution in [3.8, 4) is 5.75 Å². The van der Waals surface area contributed by atoms with Gasteiger partial charge in [-0.2, -0.15) is 0 Å². The summed E-state index contributed by atoms with van der Waals surface area (Å²) in [4.78, 5) is 6.26. The zero-order chi connectivity index (χ0) is 18.9. The van der Waals surface area contributed by atoms with Crippen molar-refractivity contribution in [2.24, 2.45) is 0 Å². The maximum atomic E-state index is 12.3. The van der Waals surface area contributed by atoms with Crippen LogP contribution in [-0.2, 0) is 13.0 Å². The summed E-state index contributed by atoms with van der Waals surface area (Å²) in [6, 6.07) is 2.89. The summed E-state index contributed by atoms with van der Waals surface area (Å²) in [5.41, 5.74) is 0. The molecule has 0 bridgehead atoms. The number of alkyl halides is 3. The molecule has 0 N–H and O–H groups in total. The van der Waals surface area contributed by atoms with Crippen LogP contribution < -0.4 is 9.64 Å². The average molecular weight is 381 g/mol. The molecule has 146 valence electrons. The van der Waals surface area contributed by atoms with E-state index in [0.29, 0.717) is 5.82 Å². The Morgan fingerprint density at radius 2 is 1.93 bits per heavy atom. The number of rotatable bonds is 3. The molecule has 0 radical (unpaired) electrons. The van der Waals surface area contributed by atoms with E-state index in [1.165, 1.54) is 12.5 Å². The molecule has 0 amide bonds. The maximum Gasteiger partial charge on any atom is 0.573 e. The highest BCUT2D eigenvalue weighted by Gasteiger charge is 2.32. The van der Waals surface area contributed by atoms with Gasteiger partial charge in [-0.25, -0.2) is 4.98 Å². The van der Waals surface area contributed by atoms with Crippen molar-refractivity contribution in [3.05, 3.63) is 30.0 Å². The number of nitrogens with zero attached hydrogens (tertiary/aromatic N) is 5. The van der Waals surface area contributed by atoms with Crippen LogP contribution in [0.4, 0.5) is 19.0 Å². The first-order valence-electron chi connectivity index (χ1n) is 9.38. The van der Waals surface area contributed by atoms with Crippen molar-refractivity contribution in [1.29, 1.82) is 0 Å². The average Bonchev–Trinajstić information content (AvgIpc) is 2.90. The molecule has 6 nitrogen and oxygen atoms in total. The van der Waals surface area contributed by atoms with E-state index in [1.807, 2.05) is 0 Å². The number of halogens is 3. The maximum absolute atomic E-state index is 12.3. The topological polar surface area (TPSA) is 56.1 Å². The number of anilines is 1. The lowest BCUT2D eigenvalue weighted by Crippen LogP contribution is -2.36. The molecule has 1 unspecified atom stereocenters. The van der Waals surface area contributed by atoms with E-state index in [1.54, 1.807) is 6.07 Å². The van der Waals surface area contributed by atoms with Crippen molar-refractivity contribution in [3.63, 3.8) is 0 Å². The van der Waals surface area contributed by atoms with Crippen LogP contribution in [-0.4, -0.2) is 39.2 Å². The molecule has 0 aromatic carbocycles. The molecule has 4 heterocycles. The molecule has 9 heteroatoms. The number of ether oxygens (including phenoxy) is 1. The number of hydrogen-bond donors (Lipinski definition) is 0. The summed E-state index contributed by atoms with van der Waals surface area (Å²) in [6.45, 7) is 2.53. The minimum absolute atomic E-state index is 0.256. The fraction of sp³-hybridized carbons (Fsp3) is 0.611. The normalized spacial score (nSPS) is 20.9. The van der Waals surface area contributed by atoms with Crippen LogP contribution in [0.25, 0.3) is 0 Å². The van der Waals surface area contributed by atoms with Crippen LogP contribution in [0.5, 0.6) is 5.75 Å². The van der Waals surface area contributed by atoms with Gasteiger partial charge >= 0.3 is 6.36 Å². The minimum Gasteiger partial charge on any atom is -0.404 e. The third kappa shape index (κ3) is 4.17. The van der Waals surface area contributed by atoms with Gasteiger partial charge in [-0.05, 0) is 37.8 Å². The van der Waals surface area contributed by atoms with Crippen LogP contribution in [0.2, 0.25) is 0 Å². The smallest absolute Gasteiger partial charge is 0.404 e. The Hall–Kier alpha value is -2.32. The number of piperidine rings is 1. The van der Waals surface area contributed by atoms with Gasteiger partial charge in [0.15, 0.2) is 0 Å². The van der Waals surface area contributed by atoms with Gasteiger partial charge in [0.05, 0.1) is 6.20 Å². The van der Waals surface area contributed by atoms with Gasteiger partial charge in [-0.15, -0.1) is 23.4 Å². The second-order valence-corrected chi connectivity index (χ2v) is 7.12. The van der Waals surface area contributed by atoms with Gasteiger partial charge in [0, 0.05) is 32.0 Å². The van der Waals surface area contributed by atoms with E-state index >= 15 is 0 Å². The molecule has 2 aromatic rings. The molecular weight excluding hydrogens is 359 g/mol. The van der Waals surface area contributed by atoms with Gasteiger partial charge in [0.1, 0.15) is 23.2 Å². The Morgan fingerprint density at radius 3 is 2.70 bits per heavy atom. The van der Waals surface area contributed by atoms with E-state index in [2.05, 4.69) is 29.4 Å². The summed E-state index contributed by atoms with van der Waals surface area (Å²) >= 11 is 0. The molecular formula is C18H22F3N5O. The largest absolute Gasteiger partial charge is 0.573 e. The molecule has 0 saturated carbocycles. The highest BCUT2D eigenvalue weighted by atomic mass is 19.4. The Balaban J connectivity index is 1.48. The Kier molecular flexibility index (Phi) is 4.92. The number of pyridine rings is 1. The summed E-state index contributed by atoms with van der Waals surface area (Å²) in [6.07, 6.45) is 2.93. The molecule has 2 aromatic heterocycles. The molecule has 1 saturated heterocycles. The molecule has 4 rings (SSSR count). The number of fused-ring (bicyclic) bond motifs is 1. The van der Waals surface area contributed by atoms with E-state index in [9.17, 15) is 13.2 Å². The highest BCUT2D eigenvalue weighted by molar-refractivity contribution is 5.42. The zero-order valence-corrected chi connectivity index (χ0v) is 15.0. The van der Waals surface area contributed by atoms with Crippen molar-refractivity contribution in [1.82, 2.24) is 19.7 Å².